The monoisotopic (exact) mass is 679 g/mol. The van der Waals surface area contributed by atoms with Crippen molar-refractivity contribution in [2.45, 2.75) is 59.1 Å². The third-order valence-corrected chi connectivity index (χ3v) is 8.11. The Hall–Kier alpha value is -2.63. The van der Waals surface area contributed by atoms with Gasteiger partial charge in [-0.1, -0.05) is 43.7 Å². The van der Waals surface area contributed by atoms with Crippen LogP contribution in [0.3, 0.4) is 0 Å². The van der Waals surface area contributed by atoms with Gasteiger partial charge in [0.1, 0.15) is 11.6 Å². The van der Waals surface area contributed by atoms with Crippen LogP contribution in [0, 0.1) is 26.5 Å². The van der Waals surface area contributed by atoms with Crippen LogP contribution in [-0.4, -0.2) is 47.6 Å². The number of carbonyl (C=O) groups excluding carboxylic acids is 2. The first-order valence-electron chi connectivity index (χ1n) is 14.1. The van der Waals surface area contributed by atoms with E-state index in [9.17, 15) is 23.5 Å². The molecule has 2 aromatic rings. The zero-order valence-electron chi connectivity index (χ0n) is 23.9. The lowest BCUT2D eigenvalue weighted by Crippen LogP contribution is -2.54. The second kappa shape index (κ2) is 15.0. The molecule has 4 N–H and O–H groups in total. The summed E-state index contributed by atoms with van der Waals surface area (Å²) in [6.07, 6.45) is 3.81. The summed E-state index contributed by atoms with van der Waals surface area (Å²) >= 11 is 2.24. The van der Waals surface area contributed by atoms with Gasteiger partial charge in [-0.05, 0) is 90.6 Å². The molecule has 0 radical (unpaired) electrons. The largest absolute Gasteiger partial charge is 0.391 e. The van der Waals surface area contributed by atoms with Crippen LogP contribution in [0.5, 0.6) is 0 Å². The Labute approximate surface area is 255 Å². The Kier molecular flexibility index (Phi) is 12.0. The number of nitrogens with zero attached hydrogens (tertiary/aromatic N) is 1. The molecule has 2 amide bonds. The maximum atomic E-state index is 14.5. The van der Waals surface area contributed by atoms with E-state index >= 15 is 0 Å². The Morgan fingerprint density at radius 2 is 1.76 bits per heavy atom. The molecule has 6 nitrogen and oxygen atoms in total. The molecule has 1 unspecified atom stereocenters. The average molecular weight is 680 g/mol. The molecular formula is C32H40F2IN3O3. The maximum Gasteiger partial charge on any atom is 0.244 e. The van der Waals surface area contributed by atoms with Gasteiger partial charge in [-0.2, -0.15) is 0 Å². The fraction of sp³-hybridized carbons (Fsp3) is 0.438. The number of benzene rings is 2. The quantitative estimate of drug-likeness (QED) is 0.237. The molecule has 0 heterocycles. The van der Waals surface area contributed by atoms with Gasteiger partial charge in [-0.25, -0.2) is 8.78 Å². The standard InChI is InChI=1S/C32H40F2IN3O3/c1-4-9-38(10-5-2)31(41)32(17-21(3)11-24(18-32)30(36)40)28(15-23-12-25(33)16-26(34)13-23)29(39)20-37-19-22-7-6-8-27(35)14-22/h6-8,11-14,16-17,28-29,37,39H,4-5,9-10,15,18-20H2,1-3H3,(H2,36,40)/t28-,29+,32?/m1/s1. The van der Waals surface area contributed by atoms with Crippen LogP contribution in [0.1, 0.15) is 51.2 Å². The molecule has 0 fully saturated rings. The van der Waals surface area contributed by atoms with Crippen molar-refractivity contribution in [3.63, 3.8) is 0 Å². The third-order valence-electron chi connectivity index (χ3n) is 7.43. The van der Waals surface area contributed by atoms with Crippen molar-refractivity contribution in [2.24, 2.45) is 17.1 Å². The Morgan fingerprint density at radius 1 is 1.10 bits per heavy atom. The number of aliphatic hydroxyl groups is 1. The summed E-state index contributed by atoms with van der Waals surface area (Å²) in [6, 6.07) is 11.2. The van der Waals surface area contributed by atoms with Gasteiger partial charge in [-0.3, -0.25) is 9.59 Å². The molecule has 1 aliphatic carbocycles. The molecule has 0 bridgehead atoms. The highest BCUT2D eigenvalue weighted by Gasteiger charge is 2.50. The number of halogens is 3. The Balaban J connectivity index is 2.09. The molecule has 222 valence electrons. The number of carbonyl (C=O) groups is 2. The number of hydrogen-bond acceptors (Lipinski definition) is 4. The summed E-state index contributed by atoms with van der Waals surface area (Å²) in [5, 5.41) is 15.1. The van der Waals surface area contributed by atoms with Gasteiger partial charge in [0.2, 0.25) is 11.8 Å². The minimum Gasteiger partial charge on any atom is -0.391 e. The predicted molar refractivity (Wildman–Crippen MR) is 166 cm³/mol. The Bertz CT molecular complexity index is 1270. The van der Waals surface area contributed by atoms with Crippen molar-refractivity contribution in [2.75, 3.05) is 19.6 Å². The van der Waals surface area contributed by atoms with Crippen molar-refractivity contribution < 1.29 is 23.5 Å². The van der Waals surface area contributed by atoms with Gasteiger partial charge >= 0.3 is 0 Å². The van der Waals surface area contributed by atoms with E-state index in [0.29, 0.717) is 30.8 Å². The Morgan fingerprint density at radius 3 is 2.34 bits per heavy atom. The van der Waals surface area contributed by atoms with Gasteiger partial charge in [0, 0.05) is 47.3 Å². The minimum atomic E-state index is -1.36. The normalized spacial score (nSPS) is 18.3. The van der Waals surface area contributed by atoms with Gasteiger partial charge in [0.25, 0.3) is 0 Å². The number of nitrogens with one attached hydrogen (secondary N) is 1. The van der Waals surface area contributed by atoms with E-state index in [2.05, 4.69) is 27.9 Å². The van der Waals surface area contributed by atoms with E-state index in [1.807, 2.05) is 44.2 Å². The maximum absolute atomic E-state index is 14.5. The molecule has 9 heteroatoms. The van der Waals surface area contributed by atoms with Crippen LogP contribution in [0.25, 0.3) is 0 Å². The van der Waals surface area contributed by atoms with E-state index in [4.69, 9.17) is 5.73 Å². The molecule has 3 rings (SSSR count). The molecule has 0 aromatic heterocycles. The number of aliphatic hydroxyl groups excluding tert-OH is 1. The van der Waals surface area contributed by atoms with Crippen molar-refractivity contribution in [1.82, 2.24) is 10.2 Å². The van der Waals surface area contributed by atoms with Gasteiger partial charge < -0.3 is 21.1 Å². The zero-order valence-corrected chi connectivity index (χ0v) is 26.1. The highest BCUT2D eigenvalue weighted by atomic mass is 127. The van der Waals surface area contributed by atoms with Gasteiger partial charge in [-0.15, -0.1) is 0 Å². The molecule has 1 aliphatic rings. The second-order valence-electron chi connectivity index (χ2n) is 10.8. The topological polar surface area (TPSA) is 95.7 Å². The molecule has 2 aromatic carbocycles. The zero-order chi connectivity index (χ0) is 30.2. The van der Waals surface area contributed by atoms with E-state index in [-0.39, 0.29) is 30.9 Å². The lowest BCUT2D eigenvalue weighted by atomic mass is 9.63. The number of amides is 2. The second-order valence-corrected chi connectivity index (χ2v) is 12.1. The van der Waals surface area contributed by atoms with Crippen LogP contribution >= 0.6 is 22.6 Å². The lowest BCUT2D eigenvalue weighted by molar-refractivity contribution is -0.145. The fourth-order valence-corrected chi connectivity index (χ4v) is 6.39. The smallest absolute Gasteiger partial charge is 0.244 e. The SMILES string of the molecule is CCCN(CCC)C(=O)C1([C@H](Cc2cc(F)cc(F)c2)[C@@H](O)CNCc2cccc(I)c2)C=C(C)C=C(C(N)=O)C1. The van der Waals surface area contributed by atoms with Crippen LogP contribution in [-0.2, 0) is 22.6 Å². The molecule has 0 aliphatic heterocycles. The summed E-state index contributed by atoms with van der Waals surface area (Å²) in [7, 11) is 0. The highest BCUT2D eigenvalue weighted by molar-refractivity contribution is 14.1. The first kappa shape index (κ1) is 32.9. The van der Waals surface area contributed by atoms with Crippen molar-refractivity contribution in [3.8, 4) is 0 Å². The van der Waals surface area contributed by atoms with E-state index < -0.39 is 35.0 Å². The number of nitrogens with two attached hydrogens (primary N) is 1. The average Bonchev–Trinajstić information content (AvgIpc) is 2.90. The predicted octanol–water partition coefficient (Wildman–Crippen LogP) is 5.28. The van der Waals surface area contributed by atoms with Crippen LogP contribution < -0.4 is 11.1 Å². The summed E-state index contributed by atoms with van der Waals surface area (Å²) in [4.78, 5) is 28.8. The van der Waals surface area contributed by atoms with Gasteiger partial charge in [0.05, 0.1) is 11.5 Å². The molecule has 0 saturated heterocycles. The van der Waals surface area contributed by atoms with E-state index in [1.54, 1.807) is 17.9 Å². The lowest BCUT2D eigenvalue weighted by Gasteiger charge is -2.45. The van der Waals surface area contributed by atoms with Crippen molar-refractivity contribution >= 4 is 34.4 Å². The van der Waals surface area contributed by atoms with Crippen molar-refractivity contribution in [1.29, 1.82) is 0 Å². The molecule has 0 spiro atoms. The summed E-state index contributed by atoms with van der Waals surface area (Å²) in [6.45, 7) is 7.35. The third kappa shape index (κ3) is 8.68. The summed E-state index contributed by atoms with van der Waals surface area (Å²) < 4.78 is 29.7. The van der Waals surface area contributed by atoms with Crippen LogP contribution in [0.4, 0.5) is 8.78 Å². The number of allylic oxidation sites excluding steroid dienone is 2. The fourth-order valence-electron chi connectivity index (χ4n) is 5.78. The highest BCUT2D eigenvalue weighted by Crippen LogP contribution is 2.45. The summed E-state index contributed by atoms with van der Waals surface area (Å²) in [5.41, 5.74) is 6.67. The molecule has 41 heavy (non-hydrogen) atoms. The molecular weight excluding hydrogens is 639 g/mol. The first-order chi connectivity index (χ1) is 19.5. The van der Waals surface area contributed by atoms with Gasteiger partial charge in [0.15, 0.2) is 0 Å². The minimum absolute atomic E-state index is 0.00835. The van der Waals surface area contributed by atoms with E-state index in [0.717, 1.165) is 28.0 Å². The van der Waals surface area contributed by atoms with Crippen LogP contribution in [0.2, 0.25) is 0 Å². The van der Waals surface area contributed by atoms with Crippen molar-refractivity contribution in [3.05, 3.63) is 92.1 Å². The molecule has 0 saturated carbocycles. The first-order valence-corrected chi connectivity index (χ1v) is 15.1. The number of hydrogen-bond donors (Lipinski definition) is 3. The molecule has 3 atom stereocenters. The van der Waals surface area contributed by atoms with E-state index in [1.165, 1.54) is 12.1 Å². The number of primary amides is 1. The van der Waals surface area contributed by atoms with Crippen LogP contribution in [0.15, 0.2) is 65.8 Å². The number of rotatable bonds is 14. The summed E-state index contributed by atoms with van der Waals surface area (Å²) in [5.74, 6) is -3.18.